The summed E-state index contributed by atoms with van der Waals surface area (Å²) in [6, 6.07) is 6.07. The van der Waals surface area contributed by atoms with Gasteiger partial charge in [-0.15, -0.1) is 0 Å². The monoisotopic (exact) mass is 322 g/mol. The molecule has 0 unspecified atom stereocenters. The average molecular weight is 322 g/mol. The third-order valence-corrected chi connectivity index (χ3v) is 4.41. The van der Waals surface area contributed by atoms with Crippen LogP contribution < -0.4 is 10.6 Å². The van der Waals surface area contributed by atoms with Gasteiger partial charge in [0.25, 0.3) is 0 Å². The van der Waals surface area contributed by atoms with Crippen LogP contribution in [0.3, 0.4) is 0 Å². The van der Waals surface area contributed by atoms with Crippen molar-refractivity contribution in [2.45, 2.75) is 19.3 Å². The van der Waals surface area contributed by atoms with Crippen LogP contribution >= 0.6 is 0 Å². The van der Waals surface area contributed by atoms with E-state index in [1.54, 1.807) is 0 Å². The minimum absolute atomic E-state index is 0.798. The summed E-state index contributed by atoms with van der Waals surface area (Å²) < 4.78 is 1.83. The number of aromatic nitrogens is 4. The molecule has 24 heavy (non-hydrogen) atoms. The van der Waals surface area contributed by atoms with Crippen LogP contribution in [0.15, 0.2) is 36.8 Å². The summed E-state index contributed by atoms with van der Waals surface area (Å²) >= 11 is 0. The SMILES string of the molecule is CNCCNc1ccn2ncc(-c3cccnc3CC3CC3)c2n1. The summed E-state index contributed by atoms with van der Waals surface area (Å²) in [5.74, 6) is 1.67. The van der Waals surface area contributed by atoms with Gasteiger partial charge in [0.1, 0.15) is 5.82 Å². The molecule has 0 bridgehead atoms. The van der Waals surface area contributed by atoms with Gasteiger partial charge >= 0.3 is 0 Å². The minimum atomic E-state index is 0.798. The number of nitrogens with zero attached hydrogens (tertiary/aromatic N) is 4. The number of fused-ring (bicyclic) bond motifs is 1. The van der Waals surface area contributed by atoms with Crippen LogP contribution in [0.4, 0.5) is 5.82 Å². The fourth-order valence-corrected chi connectivity index (χ4v) is 2.91. The second-order valence-corrected chi connectivity index (χ2v) is 6.31. The first-order valence-electron chi connectivity index (χ1n) is 8.52. The second-order valence-electron chi connectivity index (χ2n) is 6.31. The molecular formula is C18H22N6. The van der Waals surface area contributed by atoms with Crippen molar-refractivity contribution in [3.8, 4) is 11.1 Å². The molecule has 6 heteroatoms. The van der Waals surface area contributed by atoms with Gasteiger partial charge in [0, 0.05) is 42.3 Å². The first-order valence-corrected chi connectivity index (χ1v) is 8.52. The van der Waals surface area contributed by atoms with Crippen LogP contribution in [0.5, 0.6) is 0 Å². The molecule has 0 aromatic carbocycles. The molecule has 0 atom stereocenters. The van der Waals surface area contributed by atoms with Crippen LogP contribution in [-0.4, -0.2) is 39.7 Å². The molecule has 0 aliphatic heterocycles. The van der Waals surface area contributed by atoms with Gasteiger partial charge in [-0.3, -0.25) is 4.98 Å². The van der Waals surface area contributed by atoms with E-state index in [1.165, 1.54) is 12.8 Å². The van der Waals surface area contributed by atoms with Crippen LogP contribution in [0, 0.1) is 5.92 Å². The van der Waals surface area contributed by atoms with Gasteiger partial charge in [-0.1, -0.05) is 6.07 Å². The predicted octanol–water partition coefficient (Wildman–Crippen LogP) is 2.38. The molecule has 1 saturated carbocycles. The zero-order valence-corrected chi connectivity index (χ0v) is 13.9. The molecule has 2 N–H and O–H groups in total. The molecule has 0 radical (unpaired) electrons. The van der Waals surface area contributed by atoms with E-state index in [0.29, 0.717) is 0 Å². The highest BCUT2D eigenvalue weighted by Crippen LogP contribution is 2.35. The molecular weight excluding hydrogens is 300 g/mol. The lowest BCUT2D eigenvalue weighted by Gasteiger charge is -2.08. The zero-order chi connectivity index (χ0) is 16.4. The Hall–Kier alpha value is -2.47. The number of hydrogen-bond acceptors (Lipinski definition) is 5. The Kier molecular flexibility index (Phi) is 4.13. The number of likely N-dealkylation sites (N-methyl/N-ethyl adjacent to an activating group) is 1. The molecule has 4 rings (SSSR count). The molecule has 3 aromatic rings. The molecule has 0 saturated heterocycles. The Balaban J connectivity index is 1.69. The van der Waals surface area contributed by atoms with Crippen LogP contribution in [0.25, 0.3) is 16.8 Å². The fraction of sp³-hybridized carbons (Fsp3) is 0.389. The van der Waals surface area contributed by atoms with E-state index in [4.69, 9.17) is 4.98 Å². The lowest BCUT2D eigenvalue weighted by Crippen LogP contribution is -2.18. The molecule has 1 aliphatic rings. The smallest absolute Gasteiger partial charge is 0.165 e. The van der Waals surface area contributed by atoms with Crippen molar-refractivity contribution in [3.05, 3.63) is 42.5 Å². The van der Waals surface area contributed by atoms with Gasteiger partial charge < -0.3 is 10.6 Å². The largest absolute Gasteiger partial charge is 0.369 e. The summed E-state index contributed by atoms with van der Waals surface area (Å²) in [6.07, 6.45) is 9.42. The maximum absolute atomic E-state index is 4.75. The number of pyridine rings is 1. The van der Waals surface area contributed by atoms with Crippen LogP contribution in [0.2, 0.25) is 0 Å². The van der Waals surface area contributed by atoms with E-state index in [2.05, 4.69) is 26.8 Å². The molecule has 124 valence electrons. The Morgan fingerprint density at radius 1 is 1.21 bits per heavy atom. The quantitative estimate of drug-likeness (QED) is 0.654. The summed E-state index contributed by atoms with van der Waals surface area (Å²) in [6.45, 7) is 1.73. The summed E-state index contributed by atoms with van der Waals surface area (Å²) in [7, 11) is 1.94. The second kappa shape index (κ2) is 6.57. The van der Waals surface area contributed by atoms with E-state index in [0.717, 1.165) is 53.7 Å². The zero-order valence-electron chi connectivity index (χ0n) is 13.9. The highest BCUT2D eigenvalue weighted by atomic mass is 15.2. The minimum Gasteiger partial charge on any atom is -0.369 e. The van der Waals surface area contributed by atoms with Gasteiger partial charge in [-0.25, -0.2) is 9.50 Å². The van der Waals surface area contributed by atoms with Crippen molar-refractivity contribution in [1.82, 2.24) is 24.9 Å². The number of hydrogen-bond donors (Lipinski definition) is 2. The lowest BCUT2D eigenvalue weighted by molar-refractivity contribution is 0.806. The molecule has 3 heterocycles. The Morgan fingerprint density at radius 2 is 2.12 bits per heavy atom. The van der Waals surface area contributed by atoms with Crippen molar-refractivity contribution in [2.24, 2.45) is 5.92 Å². The number of nitrogens with one attached hydrogen (secondary N) is 2. The standard InChI is InChI=1S/C18H22N6/c1-19-8-9-21-17-6-10-24-18(23-17)15(12-22-24)14-3-2-7-20-16(14)11-13-4-5-13/h2-3,6-7,10,12-13,19H,4-5,8-9,11H2,1H3,(H,21,23). The average Bonchev–Trinajstić information content (AvgIpc) is 3.32. The van der Waals surface area contributed by atoms with E-state index < -0.39 is 0 Å². The summed E-state index contributed by atoms with van der Waals surface area (Å²) in [4.78, 5) is 9.37. The van der Waals surface area contributed by atoms with Gasteiger partial charge in [0.15, 0.2) is 5.65 Å². The van der Waals surface area contributed by atoms with Gasteiger partial charge in [-0.2, -0.15) is 5.10 Å². The molecule has 1 aliphatic carbocycles. The molecule has 3 aromatic heterocycles. The highest BCUT2D eigenvalue weighted by molar-refractivity contribution is 5.79. The van der Waals surface area contributed by atoms with E-state index in [1.807, 2.05) is 42.3 Å². The summed E-state index contributed by atoms with van der Waals surface area (Å²) in [5.41, 5.74) is 4.23. The third kappa shape index (κ3) is 3.10. The topological polar surface area (TPSA) is 67.1 Å². The Morgan fingerprint density at radius 3 is 2.96 bits per heavy atom. The van der Waals surface area contributed by atoms with Gasteiger partial charge in [0.2, 0.25) is 0 Å². The van der Waals surface area contributed by atoms with E-state index in [9.17, 15) is 0 Å². The molecule has 1 fully saturated rings. The summed E-state index contributed by atoms with van der Waals surface area (Å²) in [5, 5.41) is 10.9. The lowest BCUT2D eigenvalue weighted by atomic mass is 10.0. The van der Waals surface area contributed by atoms with Crippen molar-refractivity contribution in [1.29, 1.82) is 0 Å². The van der Waals surface area contributed by atoms with E-state index >= 15 is 0 Å². The molecule has 0 spiro atoms. The predicted molar refractivity (Wildman–Crippen MR) is 95.1 cm³/mol. The number of anilines is 1. The maximum Gasteiger partial charge on any atom is 0.165 e. The maximum atomic E-state index is 4.75. The molecule has 6 nitrogen and oxygen atoms in total. The van der Waals surface area contributed by atoms with Crippen molar-refractivity contribution in [2.75, 3.05) is 25.5 Å². The number of rotatable bonds is 7. The first kappa shape index (κ1) is 15.1. The van der Waals surface area contributed by atoms with Gasteiger partial charge in [0.05, 0.1) is 6.20 Å². The fourth-order valence-electron chi connectivity index (χ4n) is 2.91. The first-order chi connectivity index (χ1) is 11.8. The van der Waals surface area contributed by atoms with Gasteiger partial charge in [-0.05, 0) is 44.4 Å². The van der Waals surface area contributed by atoms with Crippen molar-refractivity contribution >= 4 is 11.5 Å². The van der Waals surface area contributed by atoms with Crippen LogP contribution in [-0.2, 0) is 6.42 Å². The van der Waals surface area contributed by atoms with Crippen LogP contribution in [0.1, 0.15) is 18.5 Å². The Labute approximate surface area is 141 Å². The van der Waals surface area contributed by atoms with Crippen molar-refractivity contribution < 1.29 is 0 Å². The highest BCUT2D eigenvalue weighted by Gasteiger charge is 2.24. The Bertz CT molecular complexity index is 836. The third-order valence-electron chi connectivity index (χ3n) is 4.41. The van der Waals surface area contributed by atoms with Crippen molar-refractivity contribution in [3.63, 3.8) is 0 Å². The van der Waals surface area contributed by atoms with E-state index in [-0.39, 0.29) is 0 Å². The molecule has 0 amide bonds. The normalized spacial score (nSPS) is 14.2.